The zero-order valence-electron chi connectivity index (χ0n) is 12.9. The molecule has 1 aliphatic rings. The molecule has 2 heterocycles. The van der Waals surface area contributed by atoms with Crippen LogP contribution in [0.3, 0.4) is 0 Å². The molecule has 128 valence electrons. The van der Waals surface area contributed by atoms with Gasteiger partial charge in [0.25, 0.3) is 0 Å². The third-order valence-electron chi connectivity index (χ3n) is 3.32. The third kappa shape index (κ3) is 3.52. The van der Waals surface area contributed by atoms with Crippen molar-refractivity contribution in [1.29, 1.82) is 0 Å². The molecule has 0 aliphatic carbocycles. The first kappa shape index (κ1) is 16.7. The number of para-hydroxylation sites is 1. The fourth-order valence-electron chi connectivity index (χ4n) is 2.35. The molecule has 1 aromatic heterocycles. The molecule has 0 radical (unpaired) electrons. The predicted molar refractivity (Wildman–Crippen MR) is 91.6 cm³/mol. The van der Waals surface area contributed by atoms with Crippen molar-refractivity contribution >= 4 is 30.7 Å². The molecule has 0 saturated heterocycles. The van der Waals surface area contributed by atoms with Crippen LogP contribution in [0.1, 0.15) is 0 Å². The number of fused-ring (bicyclic) bond motifs is 3. The smallest absolute Gasteiger partial charge is 0.320 e. The number of aromatic amines is 1. The molecule has 1 atom stereocenters. The molecule has 1 aliphatic heterocycles. The maximum absolute atomic E-state index is 11.8. The maximum atomic E-state index is 11.8. The summed E-state index contributed by atoms with van der Waals surface area (Å²) in [6.45, 7) is 0. The summed E-state index contributed by atoms with van der Waals surface area (Å²) in [6.07, 6.45) is 0. The zero-order chi connectivity index (χ0) is 18.0. The van der Waals surface area contributed by atoms with Crippen molar-refractivity contribution in [3.8, 4) is 16.9 Å². The van der Waals surface area contributed by atoms with Gasteiger partial charge < -0.3 is 26.6 Å². The molecular formula is C15H15N6O3P. The van der Waals surface area contributed by atoms with Gasteiger partial charge in [0.05, 0.1) is 0 Å². The Hall–Kier alpha value is -3.16. The number of nitrogens with one attached hydrogen (secondary N) is 1. The molecule has 0 saturated carbocycles. The third-order valence-corrected chi connectivity index (χ3v) is 4.74. The van der Waals surface area contributed by atoms with E-state index in [0.717, 1.165) is 5.56 Å². The second-order valence-electron chi connectivity index (χ2n) is 5.08. The summed E-state index contributed by atoms with van der Waals surface area (Å²) >= 11 is 0. The van der Waals surface area contributed by atoms with E-state index in [2.05, 4.69) is 15.0 Å². The molecule has 0 amide bonds. The van der Waals surface area contributed by atoms with Crippen molar-refractivity contribution in [3.63, 3.8) is 0 Å². The van der Waals surface area contributed by atoms with Gasteiger partial charge in [-0.3, -0.25) is 4.57 Å². The number of nitrogens with two attached hydrogens (primary N) is 3. The van der Waals surface area contributed by atoms with E-state index in [9.17, 15) is 9.46 Å². The monoisotopic (exact) mass is 358 g/mol. The Bertz CT molecular complexity index is 931. The minimum Gasteiger partial charge on any atom is -0.765 e. The van der Waals surface area contributed by atoms with Gasteiger partial charge in [0.1, 0.15) is 5.75 Å². The van der Waals surface area contributed by atoms with E-state index in [1.54, 1.807) is 30.3 Å². The first-order chi connectivity index (χ1) is 11.9. The minimum atomic E-state index is -3.96. The summed E-state index contributed by atoms with van der Waals surface area (Å²) in [7, 11) is -3.96. The average Bonchev–Trinajstić information content (AvgIpc) is 2.54. The van der Waals surface area contributed by atoms with Crippen LogP contribution in [0.25, 0.3) is 11.1 Å². The van der Waals surface area contributed by atoms with Crippen molar-refractivity contribution in [1.82, 2.24) is 9.97 Å². The van der Waals surface area contributed by atoms with E-state index in [1.165, 1.54) is 0 Å². The highest BCUT2D eigenvalue weighted by molar-refractivity contribution is 7.60. The van der Waals surface area contributed by atoms with Gasteiger partial charge in [-0.25, -0.2) is 4.98 Å². The number of nitrogens with zero attached hydrogens (tertiary/aromatic N) is 2. The van der Waals surface area contributed by atoms with Crippen LogP contribution in [-0.2, 0) is 4.57 Å². The Morgan fingerprint density at radius 3 is 2.12 bits per heavy atom. The van der Waals surface area contributed by atoms with Crippen LogP contribution in [0.4, 0.5) is 17.8 Å². The van der Waals surface area contributed by atoms with Gasteiger partial charge in [-0.05, 0) is 17.7 Å². The Kier molecular flexibility index (Phi) is 4.26. The highest BCUT2D eigenvalue weighted by atomic mass is 31.2. The van der Waals surface area contributed by atoms with Gasteiger partial charge in [0.2, 0.25) is 7.60 Å². The zero-order valence-corrected chi connectivity index (χ0v) is 13.8. The maximum Gasteiger partial charge on any atom is 0.320 e. The van der Waals surface area contributed by atoms with Crippen molar-refractivity contribution in [2.24, 2.45) is 0 Å². The Balaban J connectivity index is 0.000000173. The van der Waals surface area contributed by atoms with Crippen LogP contribution >= 0.6 is 7.60 Å². The summed E-state index contributed by atoms with van der Waals surface area (Å²) in [4.78, 5) is 21.4. The van der Waals surface area contributed by atoms with Crippen molar-refractivity contribution in [3.05, 3.63) is 48.5 Å². The first-order valence-electron chi connectivity index (χ1n) is 7.14. The summed E-state index contributed by atoms with van der Waals surface area (Å²) in [5, 5.41) is 0.258. The summed E-state index contributed by atoms with van der Waals surface area (Å²) in [5.41, 5.74) is 17.1. The van der Waals surface area contributed by atoms with Crippen molar-refractivity contribution < 1.29 is 19.0 Å². The number of nitrogen functional groups attached to an aromatic ring is 3. The lowest BCUT2D eigenvalue weighted by Crippen LogP contribution is -2.24. The van der Waals surface area contributed by atoms with E-state index in [1.807, 2.05) is 18.2 Å². The van der Waals surface area contributed by atoms with Gasteiger partial charge in [0, 0.05) is 10.9 Å². The molecule has 3 aromatic rings. The summed E-state index contributed by atoms with van der Waals surface area (Å²) < 4.78 is 16.9. The normalized spacial score (nSPS) is 17.3. The molecule has 2 aromatic carbocycles. The van der Waals surface area contributed by atoms with E-state index in [-0.39, 0.29) is 23.1 Å². The van der Waals surface area contributed by atoms with Gasteiger partial charge in [-0.1, -0.05) is 46.4 Å². The fourth-order valence-corrected chi connectivity index (χ4v) is 3.62. The number of hydrogen-bond acceptors (Lipinski definition) is 8. The Morgan fingerprint density at radius 1 is 0.920 bits per heavy atom. The molecule has 0 spiro atoms. The number of rotatable bonds is 0. The van der Waals surface area contributed by atoms with Crippen LogP contribution < -0.4 is 36.9 Å². The van der Waals surface area contributed by atoms with E-state index in [0.29, 0.717) is 11.3 Å². The molecule has 1 unspecified atom stereocenters. The standard InChI is InChI=1S/C12H9O3P.C3H6N6/c13-16(14)12-8-4-2-6-10(12)9-5-1-3-7-11(9)15-16;4-1-7-2(5)9-3(6)8-1/h1-8H,(H,13,14);(H6,4,5,6,7,8,9). The van der Waals surface area contributed by atoms with Crippen LogP contribution in [0, 0.1) is 0 Å². The van der Waals surface area contributed by atoms with E-state index < -0.39 is 7.60 Å². The van der Waals surface area contributed by atoms with Gasteiger partial charge >= 0.3 is 17.8 Å². The predicted octanol–water partition coefficient (Wildman–Crippen LogP) is -0.0380. The Morgan fingerprint density at radius 2 is 1.48 bits per heavy atom. The van der Waals surface area contributed by atoms with Crippen molar-refractivity contribution in [2.45, 2.75) is 0 Å². The first-order valence-corrected chi connectivity index (χ1v) is 8.68. The second kappa shape index (κ2) is 6.39. The minimum absolute atomic E-state index is 0.0729. The molecule has 0 bridgehead atoms. The van der Waals surface area contributed by atoms with E-state index >= 15 is 0 Å². The second-order valence-corrected chi connectivity index (χ2v) is 6.74. The summed E-state index contributed by atoms with van der Waals surface area (Å²) in [6, 6.07) is 14.0. The lowest BCUT2D eigenvalue weighted by molar-refractivity contribution is -0.350. The van der Waals surface area contributed by atoms with Crippen LogP contribution in [0.2, 0.25) is 0 Å². The lowest BCUT2D eigenvalue weighted by Gasteiger charge is -2.31. The molecule has 0 fully saturated rings. The number of benzene rings is 2. The highest BCUT2D eigenvalue weighted by Crippen LogP contribution is 2.48. The van der Waals surface area contributed by atoms with Gasteiger partial charge in [-0.2, -0.15) is 0 Å². The molecule has 10 heteroatoms. The van der Waals surface area contributed by atoms with Gasteiger partial charge in [0.15, 0.2) is 0 Å². The van der Waals surface area contributed by atoms with E-state index in [4.69, 9.17) is 21.7 Å². The number of anilines is 3. The van der Waals surface area contributed by atoms with Crippen LogP contribution in [0.5, 0.6) is 5.75 Å². The topological polar surface area (TPSA) is 167 Å². The highest BCUT2D eigenvalue weighted by Gasteiger charge is 2.26. The molecular weight excluding hydrogens is 343 g/mol. The number of H-pyrrole nitrogens is 1. The number of aromatic nitrogens is 3. The quantitative estimate of drug-likeness (QED) is 0.470. The van der Waals surface area contributed by atoms with Crippen LogP contribution in [0.15, 0.2) is 48.5 Å². The number of hydrogen-bond donors (Lipinski definition) is 3. The SMILES string of the molecule is Nc1nc(N)[nH+]c(N)n1.O=P1([O-])Oc2ccccc2-c2ccccc21. The average molecular weight is 358 g/mol. The van der Waals surface area contributed by atoms with Crippen molar-refractivity contribution in [2.75, 3.05) is 17.2 Å². The molecule has 7 N–H and O–H groups in total. The molecule has 4 rings (SSSR count). The lowest BCUT2D eigenvalue weighted by atomic mass is 10.0. The summed E-state index contributed by atoms with van der Waals surface area (Å²) in [5.74, 6) is 0.809. The fraction of sp³-hybridized carbons (Fsp3) is 0. The molecule has 9 nitrogen and oxygen atoms in total. The van der Waals surface area contributed by atoms with Gasteiger partial charge in [-0.15, -0.1) is 0 Å². The largest absolute Gasteiger partial charge is 0.765 e. The van der Waals surface area contributed by atoms with Crippen LogP contribution in [-0.4, -0.2) is 9.97 Å². The molecule has 25 heavy (non-hydrogen) atoms. The Labute approximate surface area is 143 Å².